The largest absolute Gasteiger partial charge is 0.493 e. The monoisotopic (exact) mass is 311 g/mol. The highest BCUT2D eigenvalue weighted by atomic mass is 19.2. The number of pyridine rings is 1. The standard InChI is InChI=1S/C15H15F2NO4/c1-20-6-3-7-22-12-8-11(15(19)21-2)18-10-5-4-9(16)14(17)13(10)12/h4-5,8H,3,6-7H2,1-2H3. The van der Waals surface area contributed by atoms with Crippen LogP contribution in [0.4, 0.5) is 8.78 Å². The van der Waals surface area contributed by atoms with Gasteiger partial charge in [-0.25, -0.2) is 18.6 Å². The normalized spacial score (nSPS) is 10.7. The van der Waals surface area contributed by atoms with Gasteiger partial charge in [-0.3, -0.25) is 0 Å². The van der Waals surface area contributed by atoms with E-state index in [0.29, 0.717) is 13.0 Å². The van der Waals surface area contributed by atoms with E-state index in [1.807, 2.05) is 0 Å². The average Bonchev–Trinajstić information content (AvgIpc) is 2.53. The number of methoxy groups -OCH3 is 2. The number of aromatic nitrogens is 1. The molecule has 0 aliphatic rings. The molecule has 0 bridgehead atoms. The molecule has 2 rings (SSSR count). The summed E-state index contributed by atoms with van der Waals surface area (Å²) in [5, 5.41) is -0.106. The Hall–Kier alpha value is -2.28. The molecular weight excluding hydrogens is 296 g/mol. The van der Waals surface area contributed by atoms with Crippen molar-refractivity contribution in [1.29, 1.82) is 0 Å². The Balaban J connectivity index is 2.48. The fourth-order valence-electron chi connectivity index (χ4n) is 1.93. The zero-order valence-corrected chi connectivity index (χ0v) is 12.2. The Labute approximate surface area is 125 Å². The molecule has 1 heterocycles. The van der Waals surface area contributed by atoms with Gasteiger partial charge in [0, 0.05) is 26.2 Å². The number of hydrogen-bond acceptors (Lipinski definition) is 5. The molecule has 0 radical (unpaired) electrons. The number of halogens is 2. The van der Waals surface area contributed by atoms with Gasteiger partial charge in [-0.2, -0.15) is 0 Å². The summed E-state index contributed by atoms with van der Waals surface area (Å²) in [6.45, 7) is 0.688. The van der Waals surface area contributed by atoms with Crippen molar-refractivity contribution in [2.45, 2.75) is 6.42 Å². The molecule has 0 saturated carbocycles. The summed E-state index contributed by atoms with van der Waals surface area (Å²) in [7, 11) is 2.75. The van der Waals surface area contributed by atoms with Crippen LogP contribution >= 0.6 is 0 Å². The predicted octanol–water partition coefficient (Wildman–Crippen LogP) is 2.71. The van der Waals surface area contributed by atoms with Gasteiger partial charge < -0.3 is 14.2 Å². The minimum absolute atomic E-state index is 0.0391. The van der Waals surface area contributed by atoms with Crippen LogP contribution in [0.1, 0.15) is 16.9 Å². The number of ether oxygens (including phenoxy) is 3. The van der Waals surface area contributed by atoms with Crippen molar-refractivity contribution in [3.63, 3.8) is 0 Å². The van der Waals surface area contributed by atoms with Crippen LogP contribution in [-0.4, -0.2) is 38.4 Å². The smallest absolute Gasteiger partial charge is 0.356 e. The lowest BCUT2D eigenvalue weighted by Gasteiger charge is -2.11. The molecule has 7 heteroatoms. The Morgan fingerprint density at radius 1 is 1.23 bits per heavy atom. The molecule has 0 unspecified atom stereocenters. The maximum Gasteiger partial charge on any atom is 0.356 e. The van der Waals surface area contributed by atoms with E-state index in [4.69, 9.17) is 9.47 Å². The number of carbonyl (C=O) groups is 1. The lowest BCUT2D eigenvalue weighted by molar-refractivity contribution is 0.0594. The number of esters is 1. The third kappa shape index (κ3) is 3.30. The SMILES string of the molecule is COCCCOc1cc(C(=O)OC)nc2ccc(F)c(F)c12. The van der Waals surface area contributed by atoms with E-state index in [9.17, 15) is 13.6 Å². The Morgan fingerprint density at radius 2 is 2.00 bits per heavy atom. The van der Waals surface area contributed by atoms with Gasteiger partial charge in [0.05, 0.1) is 24.6 Å². The van der Waals surface area contributed by atoms with Crippen molar-refractivity contribution < 1.29 is 27.8 Å². The van der Waals surface area contributed by atoms with E-state index < -0.39 is 17.6 Å². The van der Waals surface area contributed by atoms with E-state index in [2.05, 4.69) is 9.72 Å². The van der Waals surface area contributed by atoms with Crippen LogP contribution in [0.15, 0.2) is 18.2 Å². The quantitative estimate of drug-likeness (QED) is 0.606. The van der Waals surface area contributed by atoms with E-state index in [1.54, 1.807) is 7.11 Å². The molecule has 1 aromatic heterocycles. The molecule has 0 aliphatic carbocycles. The maximum atomic E-state index is 14.0. The van der Waals surface area contributed by atoms with Gasteiger partial charge in [0.15, 0.2) is 17.3 Å². The number of hydrogen-bond donors (Lipinski definition) is 0. The molecule has 1 aromatic carbocycles. The fourth-order valence-corrected chi connectivity index (χ4v) is 1.93. The van der Waals surface area contributed by atoms with Gasteiger partial charge in [0.25, 0.3) is 0 Å². The molecule has 0 fully saturated rings. The van der Waals surface area contributed by atoms with E-state index in [0.717, 1.165) is 6.07 Å². The minimum Gasteiger partial charge on any atom is -0.493 e. The van der Waals surface area contributed by atoms with Crippen LogP contribution in [-0.2, 0) is 9.47 Å². The second kappa shape index (κ2) is 7.13. The van der Waals surface area contributed by atoms with Crippen molar-refractivity contribution in [3.05, 3.63) is 35.5 Å². The first-order chi connectivity index (χ1) is 10.6. The van der Waals surface area contributed by atoms with Gasteiger partial charge in [-0.15, -0.1) is 0 Å². The summed E-state index contributed by atoms with van der Waals surface area (Å²) >= 11 is 0. The molecular formula is C15H15F2NO4. The number of benzene rings is 1. The Kier molecular flexibility index (Phi) is 5.21. The molecule has 5 nitrogen and oxygen atoms in total. The lowest BCUT2D eigenvalue weighted by Crippen LogP contribution is -2.08. The summed E-state index contributed by atoms with van der Waals surface area (Å²) in [4.78, 5) is 15.6. The first-order valence-electron chi connectivity index (χ1n) is 6.57. The minimum atomic E-state index is -1.07. The van der Waals surface area contributed by atoms with Crippen molar-refractivity contribution in [2.75, 3.05) is 27.4 Å². The summed E-state index contributed by atoms with van der Waals surface area (Å²) in [5.74, 6) is -2.73. The van der Waals surface area contributed by atoms with Crippen molar-refractivity contribution >= 4 is 16.9 Å². The molecule has 118 valence electrons. The first kappa shape index (κ1) is 16.1. The highest BCUT2D eigenvalue weighted by molar-refractivity contribution is 5.94. The van der Waals surface area contributed by atoms with Crippen LogP contribution < -0.4 is 4.74 Å². The maximum absolute atomic E-state index is 14.0. The van der Waals surface area contributed by atoms with Gasteiger partial charge in [0.1, 0.15) is 5.75 Å². The zero-order chi connectivity index (χ0) is 16.1. The molecule has 0 saturated heterocycles. The zero-order valence-electron chi connectivity index (χ0n) is 12.2. The summed E-state index contributed by atoms with van der Waals surface area (Å²) < 4.78 is 42.4. The second-order valence-electron chi connectivity index (χ2n) is 4.45. The Morgan fingerprint density at radius 3 is 2.68 bits per heavy atom. The molecule has 0 atom stereocenters. The van der Waals surface area contributed by atoms with Crippen LogP contribution in [0.2, 0.25) is 0 Å². The topological polar surface area (TPSA) is 57.7 Å². The molecule has 22 heavy (non-hydrogen) atoms. The van der Waals surface area contributed by atoms with Crippen LogP contribution in [0.3, 0.4) is 0 Å². The third-order valence-electron chi connectivity index (χ3n) is 2.97. The lowest BCUT2D eigenvalue weighted by atomic mass is 10.1. The Bertz CT molecular complexity index is 691. The molecule has 0 aliphatic heterocycles. The van der Waals surface area contributed by atoms with Gasteiger partial charge >= 0.3 is 5.97 Å². The van der Waals surface area contributed by atoms with Crippen LogP contribution in [0.5, 0.6) is 5.75 Å². The van der Waals surface area contributed by atoms with Crippen molar-refractivity contribution in [1.82, 2.24) is 4.98 Å². The van der Waals surface area contributed by atoms with E-state index in [-0.39, 0.29) is 29.0 Å². The van der Waals surface area contributed by atoms with Gasteiger partial charge in [-0.1, -0.05) is 0 Å². The average molecular weight is 311 g/mol. The molecule has 0 N–H and O–H groups in total. The fraction of sp³-hybridized carbons (Fsp3) is 0.333. The molecule has 2 aromatic rings. The van der Waals surface area contributed by atoms with E-state index in [1.165, 1.54) is 19.2 Å². The van der Waals surface area contributed by atoms with E-state index >= 15 is 0 Å². The highest BCUT2D eigenvalue weighted by Crippen LogP contribution is 2.30. The van der Waals surface area contributed by atoms with Gasteiger partial charge in [0.2, 0.25) is 0 Å². The predicted molar refractivity (Wildman–Crippen MR) is 75.0 cm³/mol. The summed E-state index contributed by atoms with van der Waals surface area (Å²) in [5.41, 5.74) is 0.0753. The highest BCUT2D eigenvalue weighted by Gasteiger charge is 2.18. The first-order valence-corrected chi connectivity index (χ1v) is 6.57. The van der Waals surface area contributed by atoms with Crippen LogP contribution in [0, 0.1) is 11.6 Å². The van der Waals surface area contributed by atoms with Crippen molar-refractivity contribution in [2.24, 2.45) is 0 Å². The number of nitrogens with zero attached hydrogens (tertiary/aromatic N) is 1. The summed E-state index contributed by atoms with van der Waals surface area (Å²) in [6.07, 6.45) is 0.560. The number of rotatable bonds is 6. The molecule has 0 amide bonds. The summed E-state index contributed by atoms with van der Waals surface area (Å²) in [6, 6.07) is 3.46. The second-order valence-corrected chi connectivity index (χ2v) is 4.45. The number of fused-ring (bicyclic) bond motifs is 1. The van der Waals surface area contributed by atoms with Gasteiger partial charge in [-0.05, 0) is 12.1 Å². The van der Waals surface area contributed by atoms with Crippen LogP contribution in [0.25, 0.3) is 10.9 Å². The number of carbonyl (C=O) groups excluding carboxylic acids is 1. The third-order valence-corrected chi connectivity index (χ3v) is 2.97. The van der Waals surface area contributed by atoms with Crippen molar-refractivity contribution in [3.8, 4) is 5.75 Å². The molecule has 0 spiro atoms.